The second-order valence-corrected chi connectivity index (χ2v) is 6.16. The minimum Gasteiger partial charge on any atom is -0.445 e. The molecule has 0 aromatic heterocycles. The number of carbonyl (C=O) groups is 1. The molecule has 3 rings (SSSR count). The van der Waals surface area contributed by atoms with Crippen LogP contribution >= 0.6 is 0 Å². The maximum absolute atomic E-state index is 12.2. The Morgan fingerprint density at radius 3 is 2.36 bits per heavy atom. The highest BCUT2D eigenvalue weighted by Crippen LogP contribution is 2.40. The van der Waals surface area contributed by atoms with Crippen LogP contribution in [0, 0.1) is 5.41 Å². The van der Waals surface area contributed by atoms with E-state index in [1.54, 1.807) is 4.90 Å². The normalized spacial score (nSPS) is 20.4. The van der Waals surface area contributed by atoms with Crippen molar-refractivity contribution in [1.29, 1.82) is 0 Å². The molecule has 2 saturated heterocycles. The molecule has 2 heterocycles. The van der Waals surface area contributed by atoms with Gasteiger partial charge in [-0.05, 0) is 5.56 Å². The Bertz CT molecular complexity index is 533. The van der Waals surface area contributed by atoms with E-state index in [2.05, 4.69) is 0 Å². The molecule has 1 spiro atoms. The van der Waals surface area contributed by atoms with E-state index in [0.717, 1.165) is 5.56 Å². The van der Waals surface area contributed by atoms with E-state index in [9.17, 15) is 18.0 Å². The Kier molecular flexibility index (Phi) is 3.76. The first-order valence-corrected chi connectivity index (χ1v) is 7.10. The molecular weight excluding hydrogens is 297 g/mol. The quantitative estimate of drug-likeness (QED) is 0.859. The molecule has 0 unspecified atom stereocenters. The number of alkyl halides is 3. The largest absolute Gasteiger partial charge is 0.445 e. The van der Waals surface area contributed by atoms with Crippen LogP contribution in [0.25, 0.3) is 0 Å². The standard InChI is InChI=1S/C15H17F3N2O2/c16-15(17,18)11-19-7-14(8-19)9-20(10-14)13(21)22-6-12-4-2-1-3-5-12/h1-5H,6-11H2. The lowest BCUT2D eigenvalue weighted by Crippen LogP contribution is -2.73. The second-order valence-electron chi connectivity index (χ2n) is 6.16. The highest BCUT2D eigenvalue weighted by Gasteiger charge is 2.55. The first kappa shape index (κ1) is 15.1. The molecule has 2 aliphatic heterocycles. The summed E-state index contributed by atoms with van der Waals surface area (Å²) in [4.78, 5) is 14.8. The Hall–Kier alpha value is -1.76. The number of benzene rings is 1. The average molecular weight is 314 g/mol. The minimum atomic E-state index is -4.15. The third-order valence-corrected chi connectivity index (χ3v) is 4.04. The molecule has 22 heavy (non-hydrogen) atoms. The van der Waals surface area contributed by atoms with E-state index in [1.165, 1.54) is 4.90 Å². The molecule has 0 atom stereocenters. The summed E-state index contributed by atoms with van der Waals surface area (Å²) in [6.07, 6.45) is -4.55. The summed E-state index contributed by atoms with van der Waals surface area (Å²) in [7, 11) is 0. The highest BCUT2D eigenvalue weighted by atomic mass is 19.4. The summed E-state index contributed by atoms with van der Waals surface area (Å²) in [5, 5.41) is 0. The molecule has 2 fully saturated rings. The first-order chi connectivity index (χ1) is 10.4. The number of rotatable bonds is 3. The third-order valence-electron chi connectivity index (χ3n) is 4.04. The van der Waals surface area contributed by atoms with E-state index < -0.39 is 18.8 Å². The maximum atomic E-state index is 12.2. The van der Waals surface area contributed by atoms with Gasteiger partial charge in [-0.15, -0.1) is 0 Å². The Morgan fingerprint density at radius 2 is 1.77 bits per heavy atom. The van der Waals surface area contributed by atoms with Gasteiger partial charge in [0, 0.05) is 31.6 Å². The molecule has 1 aromatic carbocycles. The van der Waals surface area contributed by atoms with Crippen molar-refractivity contribution in [2.24, 2.45) is 5.41 Å². The topological polar surface area (TPSA) is 32.8 Å². The molecule has 7 heteroatoms. The summed E-state index contributed by atoms with van der Waals surface area (Å²) < 4.78 is 41.9. The molecule has 2 aliphatic rings. The van der Waals surface area contributed by atoms with Crippen molar-refractivity contribution in [3.63, 3.8) is 0 Å². The van der Waals surface area contributed by atoms with E-state index in [1.807, 2.05) is 30.3 Å². The number of amides is 1. The smallest absolute Gasteiger partial charge is 0.410 e. The molecule has 0 bridgehead atoms. The molecule has 120 valence electrons. The van der Waals surface area contributed by atoms with Gasteiger partial charge in [-0.1, -0.05) is 30.3 Å². The van der Waals surface area contributed by atoms with Gasteiger partial charge < -0.3 is 9.64 Å². The predicted octanol–water partition coefficient (Wildman–Crippen LogP) is 2.50. The molecule has 4 nitrogen and oxygen atoms in total. The summed E-state index contributed by atoms with van der Waals surface area (Å²) in [5.74, 6) is 0. The van der Waals surface area contributed by atoms with Crippen LogP contribution in [0.3, 0.4) is 0 Å². The Balaban J connectivity index is 1.38. The van der Waals surface area contributed by atoms with Gasteiger partial charge in [0.1, 0.15) is 6.61 Å². The van der Waals surface area contributed by atoms with Gasteiger partial charge in [0.15, 0.2) is 0 Å². The monoisotopic (exact) mass is 314 g/mol. The van der Waals surface area contributed by atoms with Crippen LogP contribution in [0.4, 0.5) is 18.0 Å². The van der Waals surface area contributed by atoms with Crippen LogP contribution in [0.1, 0.15) is 5.56 Å². The lowest BCUT2D eigenvalue weighted by Gasteiger charge is -2.59. The van der Waals surface area contributed by atoms with Gasteiger partial charge in [0.25, 0.3) is 0 Å². The van der Waals surface area contributed by atoms with Crippen LogP contribution in [0.5, 0.6) is 0 Å². The number of ether oxygens (including phenoxy) is 1. The zero-order valence-electron chi connectivity index (χ0n) is 12.0. The highest BCUT2D eigenvalue weighted by molar-refractivity contribution is 5.69. The van der Waals surface area contributed by atoms with Gasteiger partial charge in [0.2, 0.25) is 0 Å². The van der Waals surface area contributed by atoms with E-state index in [4.69, 9.17) is 4.74 Å². The summed E-state index contributed by atoms with van der Waals surface area (Å²) in [5.41, 5.74) is 0.753. The average Bonchev–Trinajstić information content (AvgIpc) is 2.37. The fourth-order valence-electron chi connectivity index (χ4n) is 3.17. The second kappa shape index (κ2) is 5.46. The van der Waals surface area contributed by atoms with Crippen LogP contribution in [0.2, 0.25) is 0 Å². The molecule has 0 aliphatic carbocycles. The van der Waals surface area contributed by atoms with Crippen molar-refractivity contribution in [3.05, 3.63) is 35.9 Å². The number of hydrogen-bond donors (Lipinski definition) is 0. The van der Waals surface area contributed by atoms with Crippen LogP contribution in [0.15, 0.2) is 30.3 Å². The third kappa shape index (κ3) is 3.35. The van der Waals surface area contributed by atoms with E-state index in [0.29, 0.717) is 26.2 Å². The molecule has 1 aromatic rings. The van der Waals surface area contributed by atoms with Gasteiger partial charge in [-0.3, -0.25) is 4.90 Å². The van der Waals surface area contributed by atoms with Crippen LogP contribution < -0.4 is 0 Å². The zero-order chi connectivity index (χ0) is 15.8. The number of halogens is 3. The summed E-state index contributed by atoms with van der Waals surface area (Å²) in [6, 6.07) is 9.35. The molecule has 0 radical (unpaired) electrons. The van der Waals surface area contributed by atoms with Gasteiger partial charge in [-0.2, -0.15) is 13.2 Å². The fourth-order valence-corrected chi connectivity index (χ4v) is 3.17. The summed E-state index contributed by atoms with van der Waals surface area (Å²) >= 11 is 0. The van der Waals surface area contributed by atoms with Crippen molar-refractivity contribution in [2.45, 2.75) is 12.8 Å². The number of hydrogen-bond acceptors (Lipinski definition) is 3. The van der Waals surface area contributed by atoms with Crippen molar-refractivity contribution < 1.29 is 22.7 Å². The molecule has 1 amide bonds. The van der Waals surface area contributed by atoms with E-state index in [-0.39, 0.29) is 12.0 Å². The van der Waals surface area contributed by atoms with Gasteiger partial charge in [0.05, 0.1) is 6.54 Å². The van der Waals surface area contributed by atoms with Crippen LogP contribution in [-0.4, -0.2) is 54.8 Å². The van der Waals surface area contributed by atoms with Gasteiger partial charge in [-0.25, -0.2) is 4.79 Å². The summed E-state index contributed by atoms with van der Waals surface area (Å²) in [6.45, 7) is 1.10. The number of carbonyl (C=O) groups excluding carboxylic acids is 1. The lowest BCUT2D eigenvalue weighted by atomic mass is 9.73. The molecule has 0 saturated carbocycles. The maximum Gasteiger partial charge on any atom is 0.410 e. The number of likely N-dealkylation sites (tertiary alicyclic amines) is 2. The predicted molar refractivity (Wildman–Crippen MR) is 73.1 cm³/mol. The number of nitrogens with zero attached hydrogens (tertiary/aromatic N) is 2. The minimum absolute atomic E-state index is 0.156. The van der Waals surface area contributed by atoms with E-state index >= 15 is 0 Å². The Labute approximate surface area is 126 Å². The molecule has 0 N–H and O–H groups in total. The van der Waals surface area contributed by atoms with Crippen LogP contribution in [-0.2, 0) is 11.3 Å². The first-order valence-electron chi connectivity index (χ1n) is 7.10. The lowest BCUT2D eigenvalue weighted by molar-refractivity contribution is -0.186. The van der Waals surface area contributed by atoms with Crippen molar-refractivity contribution in [1.82, 2.24) is 9.80 Å². The zero-order valence-corrected chi connectivity index (χ0v) is 12.0. The molecular formula is C15H17F3N2O2. The van der Waals surface area contributed by atoms with Crippen molar-refractivity contribution >= 4 is 6.09 Å². The fraction of sp³-hybridized carbons (Fsp3) is 0.533. The Morgan fingerprint density at radius 1 is 1.14 bits per heavy atom. The van der Waals surface area contributed by atoms with Gasteiger partial charge >= 0.3 is 12.3 Å². The van der Waals surface area contributed by atoms with Crippen molar-refractivity contribution in [2.75, 3.05) is 32.7 Å². The van der Waals surface area contributed by atoms with Crippen molar-refractivity contribution in [3.8, 4) is 0 Å². The SMILES string of the molecule is O=C(OCc1ccccc1)N1CC2(CN(CC(F)(F)F)C2)C1.